The molecule has 0 aliphatic rings. The molecule has 1 rings (SSSR count). The van der Waals surface area contributed by atoms with Gasteiger partial charge in [0.15, 0.2) is 5.69 Å². The van der Waals surface area contributed by atoms with Crippen molar-refractivity contribution in [3.05, 3.63) is 27.9 Å². The second-order valence-corrected chi connectivity index (χ2v) is 5.62. The molecule has 0 amide bonds. The van der Waals surface area contributed by atoms with Crippen LogP contribution in [0.2, 0.25) is 0 Å². The number of pyridine rings is 1. The van der Waals surface area contributed by atoms with Gasteiger partial charge in [-0.15, -0.1) is 0 Å². The van der Waals surface area contributed by atoms with Gasteiger partial charge in [-0.25, -0.2) is 9.78 Å². The normalized spacial score (nSPS) is 13.6. The first kappa shape index (κ1) is 15.0. The van der Waals surface area contributed by atoms with Crippen molar-refractivity contribution in [1.29, 1.82) is 0 Å². The Bertz CT molecular complexity index is 534. The topological polar surface area (TPSA) is 122 Å². The van der Waals surface area contributed by atoms with Crippen molar-refractivity contribution in [3.63, 3.8) is 0 Å². The van der Waals surface area contributed by atoms with Gasteiger partial charge in [-0.2, -0.15) is 0 Å². The van der Waals surface area contributed by atoms with Crippen LogP contribution < -0.4 is 5.32 Å². The third-order valence-electron chi connectivity index (χ3n) is 2.41. The van der Waals surface area contributed by atoms with Crippen molar-refractivity contribution >= 4 is 28.3 Å². The van der Waals surface area contributed by atoms with Crippen molar-refractivity contribution in [1.82, 2.24) is 4.98 Å². The van der Waals surface area contributed by atoms with E-state index in [1.807, 2.05) is 0 Å². The highest BCUT2D eigenvalue weighted by Gasteiger charge is 2.19. The predicted octanol–water partition coefficient (Wildman–Crippen LogP) is 0.867. The molecule has 2 atom stereocenters. The van der Waals surface area contributed by atoms with Crippen molar-refractivity contribution < 1.29 is 19.0 Å². The lowest BCUT2D eigenvalue weighted by molar-refractivity contribution is -0.384. The van der Waals surface area contributed by atoms with E-state index >= 15 is 0 Å². The van der Waals surface area contributed by atoms with Crippen LogP contribution in [0.25, 0.3) is 0 Å². The quantitative estimate of drug-likeness (QED) is 0.587. The lowest BCUT2D eigenvalue weighted by Crippen LogP contribution is -2.22. The molecule has 9 heteroatoms. The van der Waals surface area contributed by atoms with Gasteiger partial charge < -0.3 is 10.4 Å². The number of nitrogens with one attached hydrogen (secondary N) is 1. The van der Waals surface area contributed by atoms with E-state index in [2.05, 4.69) is 10.3 Å². The van der Waals surface area contributed by atoms with E-state index in [0.717, 1.165) is 12.1 Å². The summed E-state index contributed by atoms with van der Waals surface area (Å²) in [4.78, 5) is 24.6. The Labute approximate surface area is 111 Å². The molecule has 0 spiro atoms. The Kier molecular flexibility index (Phi) is 4.93. The van der Waals surface area contributed by atoms with Crippen LogP contribution in [-0.4, -0.2) is 43.2 Å². The number of aromatic nitrogens is 1. The maximum absolute atomic E-state index is 11.2. The first-order valence-corrected chi connectivity index (χ1v) is 6.90. The third kappa shape index (κ3) is 3.98. The Hall–Kier alpha value is -2.03. The summed E-state index contributed by atoms with van der Waals surface area (Å²) >= 11 is 0. The van der Waals surface area contributed by atoms with E-state index in [1.165, 1.54) is 6.26 Å². The molecule has 0 bridgehead atoms. The Balaban J connectivity index is 3.01. The summed E-state index contributed by atoms with van der Waals surface area (Å²) in [5.41, 5.74) is -0.613. The molecular formula is C10H13N3O5S. The summed E-state index contributed by atoms with van der Waals surface area (Å²) in [5.74, 6) is -1.41. The lowest BCUT2D eigenvalue weighted by atomic mass is 10.3. The largest absolute Gasteiger partial charge is 0.477 e. The summed E-state index contributed by atoms with van der Waals surface area (Å²) in [5, 5.41) is 22.0. The fourth-order valence-electron chi connectivity index (χ4n) is 1.21. The Morgan fingerprint density at radius 1 is 1.63 bits per heavy atom. The van der Waals surface area contributed by atoms with Crippen LogP contribution in [0, 0.1) is 10.1 Å². The van der Waals surface area contributed by atoms with Gasteiger partial charge in [0.05, 0.1) is 4.92 Å². The van der Waals surface area contributed by atoms with E-state index in [4.69, 9.17) is 5.11 Å². The van der Waals surface area contributed by atoms with E-state index in [-0.39, 0.29) is 29.0 Å². The van der Waals surface area contributed by atoms with Crippen LogP contribution in [0.15, 0.2) is 12.1 Å². The van der Waals surface area contributed by atoms with Crippen molar-refractivity contribution in [2.45, 2.75) is 12.2 Å². The van der Waals surface area contributed by atoms with Crippen LogP contribution in [0.3, 0.4) is 0 Å². The van der Waals surface area contributed by atoms with Gasteiger partial charge in [0, 0.05) is 34.9 Å². The second-order valence-electron chi connectivity index (χ2n) is 3.82. The highest BCUT2D eigenvalue weighted by molar-refractivity contribution is 7.84. The summed E-state index contributed by atoms with van der Waals surface area (Å²) in [6.07, 6.45) is 1.52. The SMILES string of the molecule is CC(CNc1nc(C(=O)O)ccc1[N+](=O)[O-])S(C)=O. The first-order valence-electron chi connectivity index (χ1n) is 5.27. The molecule has 0 saturated carbocycles. The number of rotatable bonds is 6. The van der Waals surface area contributed by atoms with Gasteiger partial charge in [0.25, 0.3) is 0 Å². The molecule has 0 fully saturated rings. The zero-order valence-electron chi connectivity index (χ0n) is 10.3. The molecular weight excluding hydrogens is 274 g/mol. The summed E-state index contributed by atoms with van der Waals surface area (Å²) in [6, 6.07) is 2.14. The maximum Gasteiger partial charge on any atom is 0.354 e. The van der Waals surface area contributed by atoms with E-state index < -0.39 is 21.7 Å². The zero-order valence-corrected chi connectivity index (χ0v) is 11.1. The number of hydrogen-bond acceptors (Lipinski definition) is 6. The highest BCUT2D eigenvalue weighted by Crippen LogP contribution is 2.22. The number of nitro groups is 1. The van der Waals surface area contributed by atoms with Gasteiger partial charge in [0.2, 0.25) is 5.82 Å². The number of carbonyl (C=O) groups is 1. The van der Waals surface area contributed by atoms with Crippen LogP contribution in [0.1, 0.15) is 17.4 Å². The Morgan fingerprint density at radius 3 is 2.74 bits per heavy atom. The number of carboxylic acids is 1. The molecule has 0 aromatic carbocycles. The molecule has 1 heterocycles. The number of nitrogens with zero attached hydrogens (tertiary/aromatic N) is 2. The minimum atomic E-state index is -1.27. The first-order chi connectivity index (χ1) is 8.82. The smallest absolute Gasteiger partial charge is 0.354 e. The molecule has 0 saturated heterocycles. The van der Waals surface area contributed by atoms with Crippen LogP contribution in [-0.2, 0) is 10.8 Å². The van der Waals surface area contributed by atoms with Crippen molar-refractivity contribution in [2.75, 3.05) is 18.1 Å². The fourth-order valence-corrected chi connectivity index (χ4v) is 1.52. The standard InChI is InChI=1S/C10H13N3O5S/c1-6(19(2)18)5-11-9-8(13(16)17)4-3-7(12-9)10(14)15/h3-4,6H,5H2,1-2H3,(H,11,12)(H,14,15). The number of anilines is 1. The van der Waals surface area contributed by atoms with E-state index in [0.29, 0.717) is 0 Å². The average molecular weight is 287 g/mol. The number of carboxylic acid groups (broad SMARTS) is 1. The minimum Gasteiger partial charge on any atom is -0.477 e. The van der Waals surface area contributed by atoms with Crippen molar-refractivity contribution in [3.8, 4) is 0 Å². The zero-order chi connectivity index (χ0) is 14.6. The summed E-state index contributed by atoms with van der Waals surface area (Å²) in [6.45, 7) is 1.90. The summed E-state index contributed by atoms with van der Waals surface area (Å²) < 4.78 is 11.2. The highest BCUT2D eigenvalue weighted by atomic mass is 32.2. The second kappa shape index (κ2) is 6.23. The molecule has 1 aromatic heterocycles. The van der Waals surface area contributed by atoms with E-state index in [1.54, 1.807) is 6.92 Å². The molecule has 2 N–H and O–H groups in total. The number of hydrogen-bond donors (Lipinski definition) is 2. The van der Waals surface area contributed by atoms with Crippen LogP contribution in [0.5, 0.6) is 0 Å². The molecule has 2 unspecified atom stereocenters. The molecule has 19 heavy (non-hydrogen) atoms. The van der Waals surface area contributed by atoms with Gasteiger partial charge in [0.1, 0.15) is 0 Å². The monoisotopic (exact) mass is 287 g/mol. The maximum atomic E-state index is 11.2. The average Bonchev–Trinajstić information content (AvgIpc) is 2.34. The van der Waals surface area contributed by atoms with E-state index in [9.17, 15) is 19.1 Å². The van der Waals surface area contributed by atoms with Gasteiger partial charge in [-0.1, -0.05) is 0 Å². The fraction of sp³-hybridized carbons (Fsp3) is 0.400. The molecule has 8 nitrogen and oxygen atoms in total. The van der Waals surface area contributed by atoms with Gasteiger partial charge >= 0.3 is 11.7 Å². The van der Waals surface area contributed by atoms with Gasteiger partial charge in [-0.05, 0) is 13.0 Å². The van der Waals surface area contributed by atoms with Crippen LogP contribution >= 0.6 is 0 Å². The van der Waals surface area contributed by atoms with Gasteiger partial charge in [-0.3, -0.25) is 14.3 Å². The predicted molar refractivity (Wildman–Crippen MR) is 69.9 cm³/mol. The minimum absolute atomic E-state index is 0.137. The molecule has 104 valence electrons. The molecule has 0 aliphatic carbocycles. The van der Waals surface area contributed by atoms with Crippen LogP contribution in [0.4, 0.5) is 11.5 Å². The van der Waals surface area contributed by atoms with Crippen molar-refractivity contribution in [2.24, 2.45) is 0 Å². The molecule has 1 aromatic rings. The lowest BCUT2D eigenvalue weighted by Gasteiger charge is -2.10. The molecule has 0 aliphatic heterocycles. The Morgan fingerprint density at radius 2 is 2.26 bits per heavy atom. The number of aromatic carboxylic acids is 1. The third-order valence-corrected chi connectivity index (χ3v) is 3.71. The molecule has 0 radical (unpaired) electrons. The summed E-state index contributed by atoms with van der Waals surface area (Å²) in [7, 11) is -1.09.